The molecule has 0 fully saturated rings. The molecule has 0 unspecified atom stereocenters. The van der Waals surface area contributed by atoms with E-state index in [2.05, 4.69) is 170 Å². The minimum absolute atomic E-state index is 0.817. The summed E-state index contributed by atoms with van der Waals surface area (Å²) < 4.78 is 0. The van der Waals surface area contributed by atoms with Gasteiger partial charge < -0.3 is 0 Å². The van der Waals surface area contributed by atoms with Gasteiger partial charge >= 0.3 is 0 Å². The first-order chi connectivity index (χ1) is 24.8. The highest BCUT2D eigenvalue weighted by Crippen LogP contribution is 2.45. The quantitative estimate of drug-likeness (QED) is 0.180. The summed E-state index contributed by atoms with van der Waals surface area (Å²) in [7, 11) is -2.48. The highest BCUT2D eigenvalue weighted by Gasteiger charge is 2.53. The SMILES string of the molecule is c1ccc(-c2cc3c(cn2)Cc2c-3cc(-c3ccccc3)nc2-c2ccc3c(c2)-c2ccccc2[Si]32c3ccccc3-c3ccccc32)cc1. The molecule has 0 amide bonds. The number of benzene rings is 6. The summed E-state index contributed by atoms with van der Waals surface area (Å²) in [5.41, 5.74) is 17.0. The van der Waals surface area contributed by atoms with Gasteiger partial charge in [0, 0.05) is 29.3 Å². The molecule has 0 saturated heterocycles. The van der Waals surface area contributed by atoms with Gasteiger partial charge in [-0.25, -0.2) is 4.98 Å². The van der Waals surface area contributed by atoms with E-state index >= 15 is 0 Å². The van der Waals surface area contributed by atoms with Crippen LogP contribution in [0.2, 0.25) is 0 Å². The summed E-state index contributed by atoms with van der Waals surface area (Å²) in [5, 5.41) is 5.98. The van der Waals surface area contributed by atoms with Crippen molar-refractivity contribution in [2.24, 2.45) is 0 Å². The number of hydrogen-bond donors (Lipinski definition) is 0. The number of nitrogens with zero attached hydrogens (tertiary/aromatic N) is 2. The first-order valence-electron chi connectivity index (χ1n) is 17.4. The molecule has 232 valence electrons. The Kier molecular flexibility index (Phi) is 5.78. The highest BCUT2D eigenvalue weighted by molar-refractivity contribution is 7.24. The monoisotopic (exact) mass is 650 g/mol. The van der Waals surface area contributed by atoms with Crippen molar-refractivity contribution in [1.82, 2.24) is 9.97 Å². The zero-order valence-corrected chi connectivity index (χ0v) is 28.3. The molecule has 1 spiro atoms. The zero-order valence-electron chi connectivity index (χ0n) is 27.3. The topological polar surface area (TPSA) is 25.8 Å². The first kappa shape index (κ1) is 27.8. The Bertz CT molecular complexity index is 2630. The van der Waals surface area contributed by atoms with Crippen LogP contribution in [-0.2, 0) is 6.42 Å². The molecular weight excluding hydrogens is 621 g/mol. The predicted octanol–water partition coefficient (Wildman–Crippen LogP) is 8.39. The molecule has 2 aliphatic heterocycles. The first-order valence-corrected chi connectivity index (χ1v) is 19.4. The van der Waals surface area contributed by atoms with Crippen LogP contribution in [0.15, 0.2) is 170 Å². The van der Waals surface area contributed by atoms with Crippen molar-refractivity contribution in [3.05, 3.63) is 181 Å². The van der Waals surface area contributed by atoms with Gasteiger partial charge in [-0.3, -0.25) is 4.98 Å². The lowest BCUT2D eigenvalue weighted by Gasteiger charge is -2.27. The molecule has 2 nitrogen and oxygen atoms in total. The van der Waals surface area contributed by atoms with E-state index in [-0.39, 0.29) is 0 Å². The normalized spacial score (nSPS) is 13.7. The van der Waals surface area contributed by atoms with Gasteiger partial charge in [-0.05, 0) is 83.5 Å². The van der Waals surface area contributed by atoms with Crippen molar-refractivity contribution in [3.63, 3.8) is 0 Å². The van der Waals surface area contributed by atoms with Crippen LogP contribution in [0.25, 0.3) is 67.2 Å². The number of pyridine rings is 2. The van der Waals surface area contributed by atoms with Crippen molar-refractivity contribution in [1.29, 1.82) is 0 Å². The molecule has 0 atom stereocenters. The summed E-state index contributed by atoms with van der Waals surface area (Å²) in [6.07, 6.45) is 2.89. The molecule has 6 aromatic carbocycles. The van der Waals surface area contributed by atoms with Crippen LogP contribution >= 0.6 is 0 Å². The highest BCUT2D eigenvalue weighted by atomic mass is 28.3. The maximum Gasteiger partial charge on any atom is 0.182 e. The van der Waals surface area contributed by atoms with Crippen molar-refractivity contribution in [2.75, 3.05) is 0 Å². The Labute approximate surface area is 292 Å². The fourth-order valence-electron chi connectivity index (χ4n) is 9.07. The molecule has 8 aromatic rings. The van der Waals surface area contributed by atoms with Crippen LogP contribution in [-0.4, -0.2) is 18.0 Å². The lowest BCUT2D eigenvalue weighted by Crippen LogP contribution is -2.70. The van der Waals surface area contributed by atoms with Crippen LogP contribution in [0.4, 0.5) is 0 Å². The molecule has 4 heterocycles. The van der Waals surface area contributed by atoms with Crippen molar-refractivity contribution in [2.45, 2.75) is 6.42 Å². The van der Waals surface area contributed by atoms with E-state index in [1.807, 2.05) is 0 Å². The summed E-state index contributed by atoms with van der Waals surface area (Å²) in [5.74, 6) is 0. The minimum Gasteiger partial charge on any atom is -0.256 e. The third kappa shape index (κ3) is 3.73. The van der Waals surface area contributed by atoms with Crippen LogP contribution < -0.4 is 20.7 Å². The van der Waals surface area contributed by atoms with Gasteiger partial charge in [0.1, 0.15) is 0 Å². The molecule has 3 heteroatoms. The van der Waals surface area contributed by atoms with E-state index in [1.54, 1.807) is 0 Å². The molecule has 0 radical (unpaired) electrons. The zero-order chi connectivity index (χ0) is 32.8. The van der Waals surface area contributed by atoms with Gasteiger partial charge in [0.25, 0.3) is 0 Å². The standard InChI is InChI=1S/C47H30N2Si/c1-3-13-30(14-4-1)41-27-37-33(29-48-41)26-40-38(37)28-42(31-15-5-2-6-16-31)49-47(40)32-23-24-46-39(25-32)36-19-9-12-22-45(36)50(46)43-20-10-7-17-34(43)35-18-8-11-21-44(35)50/h1-25,27-29H,26H2. The van der Waals surface area contributed by atoms with E-state index < -0.39 is 8.07 Å². The predicted molar refractivity (Wildman–Crippen MR) is 208 cm³/mol. The summed E-state index contributed by atoms with van der Waals surface area (Å²) in [6.45, 7) is 0. The largest absolute Gasteiger partial charge is 0.256 e. The molecule has 2 aromatic heterocycles. The van der Waals surface area contributed by atoms with Gasteiger partial charge in [0.05, 0.1) is 17.1 Å². The molecule has 0 N–H and O–H groups in total. The summed E-state index contributed by atoms with van der Waals surface area (Å²) >= 11 is 0. The van der Waals surface area contributed by atoms with E-state index in [9.17, 15) is 0 Å². The van der Waals surface area contributed by atoms with Gasteiger partial charge in [-0.2, -0.15) is 0 Å². The van der Waals surface area contributed by atoms with Crippen LogP contribution in [0.5, 0.6) is 0 Å². The van der Waals surface area contributed by atoms with E-state index in [1.165, 1.54) is 70.8 Å². The van der Waals surface area contributed by atoms with Crippen LogP contribution in [0, 0.1) is 0 Å². The lowest BCUT2D eigenvalue weighted by atomic mass is 9.96. The number of aromatic nitrogens is 2. The fourth-order valence-corrected chi connectivity index (χ4v) is 14.7. The third-order valence-electron chi connectivity index (χ3n) is 11.2. The third-order valence-corrected chi connectivity index (χ3v) is 16.2. The second-order valence-electron chi connectivity index (χ2n) is 13.7. The van der Waals surface area contributed by atoms with Crippen molar-refractivity contribution >= 4 is 28.8 Å². The minimum atomic E-state index is -2.48. The molecule has 0 bridgehead atoms. The fraction of sp³-hybridized carbons (Fsp3) is 0.0213. The molecule has 11 rings (SSSR count). The summed E-state index contributed by atoms with van der Waals surface area (Å²) in [4.78, 5) is 10.4. The smallest absolute Gasteiger partial charge is 0.182 e. The molecule has 3 aliphatic rings. The summed E-state index contributed by atoms with van der Waals surface area (Å²) in [6, 6.07) is 60.4. The second-order valence-corrected chi connectivity index (χ2v) is 17.3. The van der Waals surface area contributed by atoms with Crippen molar-refractivity contribution < 1.29 is 0 Å². The molecular formula is C47H30N2Si. The Morgan fingerprint density at radius 1 is 0.400 bits per heavy atom. The van der Waals surface area contributed by atoms with E-state index in [0.717, 1.165) is 34.6 Å². The maximum atomic E-state index is 5.48. The van der Waals surface area contributed by atoms with Crippen molar-refractivity contribution in [3.8, 4) is 67.2 Å². The van der Waals surface area contributed by atoms with Gasteiger partial charge in [0.2, 0.25) is 0 Å². The number of hydrogen-bond acceptors (Lipinski definition) is 2. The van der Waals surface area contributed by atoms with E-state index in [0.29, 0.717) is 0 Å². The maximum absolute atomic E-state index is 5.48. The Balaban J connectivity index is 1.15. The molecule has 50 heavy (non-hydrogen) atoms. The number of rotatable bonds is 3. The molecule has 1 aliphatic carbocycles. The number of fused-ring (bicyclic) bond motifs is 13. The van der Waals surface area contributed by atoms with Crippen LogP contribution in [0.3, 0.4) is 0 Å². The second kappa shape index (κ2) is 10.4. The Morgan fingerprint density at radius 2 is 0.920 bits per heavy atom. The van der Waals surface area contributed by atoms with Crippen LogP contribution in [0.1, 0.15) is 11.1 Å². The van der Waals surface area contributed by atoms with E-state index in [4.69, 9.17) is 9.97 Å². The Morgan fingerprint density at radius 3 is 1.56 bits per heavy atom. The van der Waals surface area contributed by atoms with Gasteiger partial charge in [0.15, 0.2) is 8.07 Å². The van der Waals surface area contributed by atoms with Gasteiger partial charge in [-0.1, -0.05) is 146 Å². The molecule has 0 saturated carbocycles. The lowest BCUT2D eigenvalue weighted by molar-refractivity contribution is 1.18. The average Bonchev–Trinajstić information content (AvgIpc) is 3.82. The van der Waals surface area contributed by atoms with Gasteiger partial charge in [-0.15, -0.1) is 0 Å². The Hall–Kier alpha value is -6.16. The average molecular weight is 651 g/mol.